The van der Waals surface area contributed by atoms with Gasteiger partial charge in [-0.15, -0.1) is 0 Å². The molecule has 1 N–H and O–H groups in total. The van der Waals surface area contributed by atoms with Crippen molar-refractivity contribution in [3.63, 3.8) is 0 Å². The lowest BCUT2D eigenvalue weighted by Gasteiger charge is -2.37. The van der Waals surface area contributed by atoms with Crippen LogP contribution in [0.4, 0.5) is 8.78 Å². The lowest BCUT2D eigenvalue weighted by Crippen LogP contribution is -2.52. The Kier molecular flexibility index (Phi) is 3.07. The molecule has 0 spiro atoms. The quantitative estimate of drug-likeness (QED) is 0.866. The predicted molar refractivity (Wildman–Crippen MR) is 68.2 cm³/mol. The van der Waals surface area contributed by atoms with Crippen molar-refractivity contribution in [1.29, 1.82) is 0 Å². The standard InChI is InChI=1S/C14H16ClF2N/c15-10-3-1-2-9(6-10)7-12-13-5-4-11(18-13)8-14(12,16)17/h1-3,6,11-13,18H,4-5,7-8H2. The smallest absolute Gasteiger partial charge is 0.254 e. The van der Waals surface area contributed by atoms with Crippen molar-refractivity contribution in [2.75, 3.05) is 0 Å². The second kappa shape index (κ2) is 4.46. The van der Waals surface area contributed by atoms with Crippen LogP contribution in [0.2, 0.25) is 5.02 Å². The van der Waals surface area contributed by atoms with Crippen LogP contribution in [-0.2, 0) is 6.42 Å². The van der Waals surface area contributed by atoms with Gasteiger partial charge in [0.25, 0.3) is 5.92 Å². The van der Waals surface area contributed by atoms with Crippen LogP contribution in [0.3, 0.4) is 0 Å². The number of fused-ring (bicyclic) bond motifs is 2. The highest BCUT2D eigenvalue weighted by atomic mass is 35.5. The first kappa shape index (κ1) is 12.4. The van der Waals surface area contributed by atoms with Gasteiger partial charge in [0.1, 0.15) is 0 Å². The Morgan fingerprint density at radius 2 is 2.17 bits per heavy atom. The third kappa shape index (κ3) is 2.26. The zero-order valence-electron chi connectivity index (χ0n) is 10.0. The molecule has 4 heteroatoms. The van der Waals surface area contributed by atoms with Gasteiger partial charge in [-0.1, -0.05) is 23.7 Å². The number of halogens is 3. The van der Waals surface area contributed by atoms with Crippen molar-refractivity contribution >= 4 is 11.6 Å². The third-order valence-corrected chi connectivity index (χ3v) is 4.40. The number of benzene rings is 1. The SMILES string of the molecule is FC1(F)CC2CCC(N2)C1Cc1cccc(Cl)c1. The maximum Gasteiger partial charge on any atom is 0.254 e. The number of piperidine rings is 1. The van der Waals surface area contributed by atoms with E-state index in [1.807, 2.05) is 12.1 Å². The predicted octanol–water partition coefficient (Wildman–Crippen LogP) is 3.66. The fourth-order valence-corrected chi connectivity index (χ4v) is 3.53. The van der Waals surface area contributed by atoms with Gasteiger partial charge in [-0.2, -0.15) is 0 Å². The Labute approximate surface area is 111 Å². The maximum atomic E-state index is 14.1. The van der Waals surface area contributed by atoms with E-state index in [2.05, 4.69) is 5.32 Å². The van der Waals surface area contributed by atoms with Crippen LogP contribution in [0.5, 0.6) is 0 Å². The largest absolute Gasteiger partial charge is 0.310 e. The van der Waals surface area contributed by atoms with Crippen LogP contribution in [0, 0.1) is 5.92 Å². The number of rotatable bonds is 2. The Bertz CT molecular complexity index is 449. The minimum absolute atomic E-state index is 0.0145. The van der Waals surface area contributed by atoms with E-state index < -0.39 is 11.8 Å². The van der Waals surface area contributed by atoms with E-state index in [4.69, 9.17) is 11.6 Å². The molecule has 1 aromatic carbocycles. The van der Waals surface area contributed by atoms with Gasteiger partial charge >= 0.3 is 0 Å². The van der Waals surface area contributed by atoms with Gasteiger partial charge in [0.05, 0.1) is 0 Å². The molecular weight excluding hydrogens is 256 g/mol. The maximum absolute atomic E-state index is 14.1. The Balaban J connectivity index is 1.82. The summed E-state index contributed by atoms with van der Waals surface area (Å²) in [6.07, 6.45) is 2.13. The molecule has 2 aliphatic rings. The topological polar surface area (TPSA) is 12.0 Å². The summed E-state index contributed by atoms with van der Waals surface area (Å²) in [4.78, 5) is 0. The van der Waals surface area contributed by atoms with Crippen LogP contribution in [0.25, 0.3) is 0 Å². The molecule has 3 rings (SSSR count). The number of alkyl halides is 2. The van der Waals surface area contributed by atoms with E-state index in [1.165, 1.54) is 0 Å². The van der Waals surface area contributed by atoms with Gasteiger partial charge in [0, 0.05) is 29.4 Å². The first-order valence-electron chi connectivity index (χ1n) is 6.43. The third-order valence-electron chi connectivity index (χ3n) is 4.17. The van der Waals surface area contributed by atoms with E-state index in [9.17, 15) is 8.78 Å². The molecule has 1 aromatic rings. The summed E-state index contributed by atoms with van der Waals surface area (Å²) >= 11 is 5.91. The monoisotopic (exact) mass is 271 g/mol. The van der Waals surface area contributed by atoms with Crippen LogP contribution in [-0.4, -0.2) is 18.0 Å². The molecule has 0 aliphatic carbocycles. The zero-order chi connectivity index (χ0) is 12.8. The molecule has 2 bridgehead atoms. The van der Waals surface area contributed by atoms with Crippen molar-refractivity contribution in [1.82, 2.24) is 5.32 Å². The molecule has 0 saturated carbocycles. The summed E-state index contributed by atoms with van der Waals surface area (Å²) in [5.74, 6) is -3.16. The highest BCUT2D eigenvalue weighted by molar-refractivity contribution is 6.30. The van der Waals surface area contributed by atoms with Crippen molar-refractivity contribution in [3.8, 4) is 0 Å². The minimum Gasteiger partial charge on any atom is -0.310 e. The van der Waals surface area contributed by atoms with Crippen LogP contribution >= 0.6 is 11.6 Å². The molecule has 0 radical (unpaired) electrons. The van der Waals surface area contributed by atoms with Gasteiger partial charge in [-0.25, -0.2) is 8.78 Å². The van der Waals surface area contributed by atoms with Gasteiger partial charge in [0.15, 0.2) is 0 Å². The second-order valence-corrected chi connectivity index (χ2v) is 5.89. The highest BCUT2D eigenvalue weighted by Gasteiger charge is 2.52. The summed E-state index contributed by atoms with van der Waals surface area (Å²) in [5, 5.41) is 3.93. The zero-order valence-corrected chi connectivity index (χ0v) is 10.8. The lowest BCUT2D eigenvalue weighted by molar-refractivity contribution is -0.0954. The molecule has 3 atom stereocenters. The summed E-state index contributed by atoms with van der Waals surface area (Å²) < 4.78 is 28.2. The van der Waals surface area contributed by atoms with E-state index in [0.29, 0.717) is 11.4 Å². The van der Waals surface area contributed by atoms with E-state index in [1.54, 1.807) is 12.1 Å². The molecule has 0 amide bonds. The summed E-state index contributed by atoms with van der Waals surface area (Å²) in [7, 11) is 0. The molecule has 1 nitrogen and oxygen atoms in total. The molecule has 2 heterocycles. The van der Waals surface area contributed by atoms with Gasteiger partial charge in [-0.05, 0) is 37.0 Å². The number of hydrogen-bond donors (Lipinski definition) is 1. The van der Waals surface area contributed by atoms with Crippen LogP contribution in [0.1, 0.15) is 24.8 Å². The lowest BCUT2D eigenvalue weighted by atomic mass is 9.83. The average molecular weight is 272 g/mol. The first-order valence-corrected chi connectivity index (χ1v) is 6.81. The molecule has 98 valence electrons. The summed E-state index contributed by atoms with van der Waals surface area (Å²) in [6, 6.07) is 7.23. The first-order chi connectivity index (χ1) is 8.54. The molecule has 18 heavy (non-hydrogen) atoms. The number of hydrogen-bond acceptors (Lipinski definition) is 1. The van der Waals surface area contributed by atoms with E-state index in [-0.39, 0.29) is 18.5 Å². The Morgan fingerprint density at radius 1 is 1.33 bits per heavy atom. The van der Waals surface area contributed by atoms with Crippen LogP contribution in [0.15, 0.2) is 24.3 Å². The highest BCUT2D eigenvalue weighted by Crippen LogP contribution is 2.43. The number of nitrogens with one attached hydrogen (secondary N) is 1. The molecule has 2 fully saturated rings. The normalized spacial score (nSPS) is 33.6. The van der Waals surface area contributed by atoms with E-state index in [0.717, 1.165) is 18.4 Å². The van der Waals surface area contributed by atoms with E-state index >= 15 is 0 Å². The van der Waals surface area contributed by atoms with Crippen LogP contribution < -0.4 is 5.32 Å². The van der Waals surface area contributed by atoms with Gasteiger partial charge in [-0.3, -0.25) is 0 Å². The fraction of sp³-hybridized carbons (Fsp3) is 0.571. The molecule has 3 unspecified atom stereocenters. The minimum atomic E-state index is -2.56. The molecule has 2 saturated heterocycles. The molecular formula is C14H16ClF2N. The summed E-state index contributed by atoms with van der Waals surface area (Å²) in [6.45, 7) is 0. The van der Waals surface area contributed by atoms with Gasteiger partial charge < -0.3 is 5.32 Å². The van der Waals surface area contributed by atoms with Gasteiger partial charge in [0.2, 0.25) is 0 Å². The second-order valence-electron chi connectivity index (χ2n) is 5.45. The molecule has 2 aliphatic heterocycles. The van der Waals surface area contributed by atoms with Crippen molar-refractivity contribution in [2.45, 2.75) is 43.7 Å². The molecule has 0 aromatic heterocycles. The fourth-order valence-electron chi connectivity index (χ4n) is 3.31. The van der Waals surface area contributed by atoms with Crippen molar-refractivity contribution < 1.29 is 8.78 Å². The summed E-state index contributed by atoms with van der Waals surface area (Å²) in [5.41, 5.74) is 0.902. The average Bonchev–Trinajstić information content (AvgIpc) is 2.68. The van der Waals surface area contributed by atoms with Crippen molar-refractivity contribution in [2.24, 2.45) is 5.92 Å². The van der Waals surface area contributed by atoms with Crippen molar-refractivity contribution in [3.05, 3.63) is 34.9 Å². The Hall–Kier alpha value is -0.670. The Morgan fingerprint density at radius 3 is 2.94 bits per heavy atom.